The lowest BCUT2D eigenvalue weighted by Crippen LogP contribution is -2.38. The van der Waals surface area contributed by atoms with Crippen LogP contribution >= 0.6 is 22.9 Å². The van der Waals surface area contributed by atoms with E-state index in [9.17, 15) is 13.6 Å². The van der Waals surface area contributed by atoms with Crippen molar-refractivity contribution in [2.75, 3.05) is 12.4 Å². The van der Waals surface area contributed by atoms with Crippen LogP contribution in [0, 0.1) is 12.8 Å². The second-order valence-electron chi connectivity index (χ2n) is 7.57. The SMILES string of the molecule is COc1cnc(Cl)cc1-c1cc(C)ncc1C(=O)Nc1nnc(CCC2CCC2(F)F)s1. The first-order valence-corrected chi connectivity index (χ1v) is 11.1. The number of alkyl halides is 2. The van der Waals surface area contributed by atoms with Gasteiger partial charge in [0.1, 0.15) is 15.9 Å². The maximum absolute atomic E-state index is 13.4. The molecule has 1 unspecified atom stereocenters. The highest BCUT2D eigenvalue weighted by Crippen LogP contribution is 2.45. The van der Waals surface area contributed by atoms with Crippen molar-refractivity contribution in [3.05, 3.63) is 45.9 Å². The van der Waals surface area contributed by atoms with Crippen molar-refractivity contribution in [2.45, 2.75) is 38.5 Å². The number of nitrogens with one attached hydrogen (secondary N) is 1. The van der Waals surface area contributed by atoms with Crippen LogP contribution in [0.1, 0.15) is 40.3 Å². The summed E-state index contributed by atoms with van der Waals surface area (Å²) in [6.45, 7) is 1.81. The number of methoxy groups -OCH3 is 1. The number of aromatic nitrogens is 4. The zero-order valence-electron chi connectivity index (χ0n) is 17.4. The Hall–Kier alpha value is -2.72. The molecule has 0 aliphatic heterocycles. The second-order valence-corrected chi connectivity index (χ2v) is 9.02. The Labute approximate surface area is 192 Å². The van der Waals surface area contributed by atoms with Crippen molar-refractivity contribution in [3.8, 4) is 16.9 Å². The van der Waals surface area contributed by atoms with E-state index in [1.165, 1.54) is 30.8 Å². The minimum atomic E-state index is -2.58. The third-order valence-corrected chi connectivity index (χ3v) is 6.55. The van der Waals surface area contributed by atoms with Gasteiger partial charge in [0.05, 0.1) is 18.9 Å². The standard InChI is InChI=1S/C21H20ClF2N5O2S/c1-11-7-13(14-8-17(22)26-10-16(14)31-2)15(9-25-11)19(30)27-20-29-28-18(32-20)4-3-12-5-6-21(12,23)24/h7-10,12H,3-6H2,1-2H3,(H,27,29,30). The lowest BCUT2D eigenvalue weighted by Gasteiger charge is -2.36. The molecule has 1 aliphatic carbocycles. The van der Waals surface area contributed by atoms with Gasteiger partial charge in [-0.05, 0) is 31.9 Å². The van der Waals surface area contributed by atoms with Gasteiger partial charge in [0.2, 0.25) is 5.13 Å². The molecular weight excluding hydrogens is 460 g/mol. The fourth-order valence-electron chi connectivity index (χ4n) is 3.54. The number of carbonyl (C=O) groups is 1. The van der Waals surface area contributed by atoms with Crippen LogP contribution in [0.3, 0.4) is 0 Å². The molecular formula is C21H20ClF2N5O2S. The lowest BCUT2D eigenvalue weighted by molar-refractivity contribution is -0.134. The third-order valence-electron chi connectivity index (χ3n) is 5.45. The fraction of sp³-hybridized carbons (Fsp3) is 0.381. The van der Waals surface area contributed by atoms with Crippen molar-refractivity contribution in [1.29, 1.82) is 0 Å². The Morgan fingerprint density at radius 3 is 2.78 bits per heavy atom. The van der Waals surface area contributed by atoms with Crippen molar-refractivity contribution >= 4 is 34.0 Å². The van der Waals surface area contributed by atoms with Crippen LogP contribution in [-0.2, 0) is 6.42 Å². The summed E-state index contributed by atoms with van der Waals surface area (Å²) < 4.78 is 32.3. The first-order chi connectivity index (χ1) is 15.3. The van der Waals surface area contributed by atoms with Crippen LogP contribution in [0.5, 0.6) is 5.75 Å². The molecule has 1 saturated carbocycles. The van der Waals surface area contributed by atoms with Crippen LogP contribution in [0.25, 0.3) is 11.1 Å². The molecule has 168 valence electrons. The van der Waals surface area contributed by atoms with E-state index in [-0.39, 0.29) is 16.7 Å². The van der Waals surface area contributed by atoms with Gasteiger partial charge < -0.3 is 4.74 Å². The predicted molar refractivity (Wildman–Crippen MR) is 118 cm³/mol. The van der Waals surface area contributed by atoms with Gasteiger partial charge in [-0.3, -0.25) is 15.1 Å². The molecule has 3 aromatic heterocycles. The monoisotopic (exact) mass is 479 g/mol. The normalized spacial score (nSPS) is 17.0. The summed E-state index contributed by atoms with van der Waals surface area (Å²) in [5, 5.41) is 11.9. The van der Waals surface area contributed by atoms with Gasteiger partial charge >= 0.3 is 0 Å². The fourth-order valence-corrected chi connectivity index (χ4v) is 4.45. The van der Waals surface area contributed by atoms with E-state index in [4.69, 9.17) is 16.3 Å². The predicted octanol–water partition coefficient (Wildman–Crippen LogP) is 5.20. The Bertz CT molecular complexity index is 1160. The molecule has 3 aromatic rings. The number of amides is 1. The molecule has 1 N–H and O–H groups in total. The smallest absolute Gasteiger partial charge is 0.259 e. The minimum Gasteiger partial charge on any atom is -0.494 e. The second kappa shape index (κ2) is 9.03. The Morgan fingerprint density at radius 1 is 1.28 bits per heavy atom. The number of pyridine rings is 2. The molecule has 1 fully saturated rings. The molecule has 1 aliphatic rings. The van der Waals surface area contributed by atoms with Gasteiger partial charge in [-0.2, -0.15) is 0 Å². The van der Waals surface area contributed by atoms with Gasteiger partial charge in [-0.15, -0.1) is 10.2 Å². The van der Waals surface area contributed by atoms with Crippen LogP contribution < -0.4 is 10.1 Å². The van der Waals surface area contributed by atoms with Gasteiger partial charge in [0.25, 0.3) is 11.8 Å². The molecule has 0 radical (unpaired) electrons. The number of hydrogen-bond acceptors (Lipinski definition) is 7. The topological polar surface area (TPSA) is 89.9 Å². The Morgan fingerprint density at radius 2 is 2.09 bits per heavy atom. The van der Waals surface area contributed by atoms with E-state index in [1.807, 2.05) is 6.92 Å². The maximum Gasteiger partial charge on any atom is 0.259 e. The Balaban J connectivity index is 1.52. The molecule has 11 heteroatoms. The van der Waals surface area contributed by atoms with Gasteiger partial charge in [0.15, 0.2) is 0 Å². The lowest BCUT2D eigenvalue weighted by atomic mass is 9.78. The first kappa shape index (κ1) is 22.5. The third kappa shape index (κ3) is 4.71. The van der Waals surface area contributed by atoms with E-state index in [2.05, 4.69) is 25.5 Å². The number of anilines is 1. The molecule has 0 spiro atoms. The largest absolute Gasteiger partial charge is 0.494 e. The Kier molecular flexibility index (Phi) is 6.34. The van der Waals surface area contributed by atoms with Crippen LogP contribution in [0.15, 0.2) is 24.5 Å². The first-order valence-electron chi connectivity index (χ1n) is 9.95. The van der Waals surface area contributed by atoms with Crippen molar-refractivity contribution < 1.29 is 18.3 Å². The highest BCUT2D eigenvalue weighted by Gasteiger charge is 2.47. The summed E-state index contributed by atoms with van der Waals surface area (Å²) in [5.74, 6) is -3.16. The molecule has 1 amide bonds. The van der Waals surface area contributed by atoms with Gasteiger partial charge in [0, 0.05) is 41.8 Å². The minimum absolute atomic E-state index is 0.0461. The number of aryl methyl sites for hydroxylation is 2. The molecule has 32 heavy (non-hydrogen) atoms. The van der Waals surface area contributed by atoms with Crippen LogP contribution in [0.2, 0.25) is 5.15 Å². The van der Waals surface area contributed by atoms with Crippen molar-refractivity contribution in [1.82, 2.24) is 20.2 Å². The van der Waals surface area contributed by atoms with E-state index < -0.39 is 17.7 Å². The number of hydrogen-bond donors (Lipinski definition) is 1. The quantitative estimate of drug-likeness (QED) is 0.469. The average molecular weight is 480 g/mol. The highest BCUT2D eigenvalue weighted by atomic mass is 35.5. The number of carbonyl (C=O) groups excluding carboxylic acids is 1. The van der Waals surface area contributed by atoms with Gasteiger partial charge in [-0.25, -0.2) is 13.8 Å². The maximum atomic E-state index is 13.4. The average Bonchev–Trinajstić information content (AvgIpc) is 3.20. The molecule has 0 bridgehead atoms. The molecule has 3 heterocycles. The van der Waals surface area contributed by atoms with Crippen molar-refractivity contribution in [3.63, 3.8) is 0 Å². The summed E-state index contributed by atoms with van der Waals surface area (Å²) in [6, 6.07) is 3.37. The zero-order chi connectivity index (χ0) is 22.9. The molecule has 7 nitrogen and oxygen atoms in total. The van der Waals surface area contributed by atoms with Gasteiger partial charge in [-0.1, -0.05) is 22.9 Å². The number of nitrogens with zero attached hydrogens (tertiary/aromatic N) is 4. The molecule has 4 rings (SSSR count). The number of halogens is 3. The molecule has 0 aromatic carbocycles. The van der Waals surface area contributed by atoms with E-state index in [0.29, 0.717) is 52.4 Å². The van der Waals surface area contributed by atoms with E-state index >= 15 is 0 Å². The van der Waals surface area contributed by atoms with Crippen LogP contribution in [-0.4, -0.2) is 39.1 Å². The summed E-state index contributed by atoms with van der Waals surface area (Å²) in [7, 11) is 1.50. The highest BCUT2D eigenvalue weighted by molar-refractivity contribution is 7.15. The van der Waals surface area contributed by atoms with Crippen LogP contribution in [0.4, 0.5) is 13.9 Å². The molecule has 0 saturated heterocycles. The number of rotatable bonds is 7. The summed E-state index contributed by atoms with van der Waals surface area (Å²) in [4.78, 5) is 21.3. The molecule has 1 atom stereocenters. The number of ether oxygens (including phenoxy) is 1. The summed E-state index contributed by atoms with van der Waals surface area (Å²) >= 11 is 7.24. The summed E-state index contributed by atoms with van der Waals surface area (Å²) in [6.07, 6.45) is 4.19. The zero-order valence-corrected chi connectivity index (χ0v) is 18.9. The van der Waals surface area contributed by atoms with Crippen molar-refractivity contribution in [2.24, 2.45) is 5.92 Å². The van der Waals surface area contributed by atoms with E-state index in [1.54, 1.807) is 12.1 Å². The summed E-state index contributed by atoms with van der Waals surface area (Å²) in [5.41, 5.74) is 2.18. The van der Waals surface area contributed by atoms with E-state index in [0.717, 1.165) is 0 Å².